The van der Waals surface area contributed by atoms with E-state index in [1.54, 1.807) is 39.8 Å². The molecular formula is C39H56N6O9S. The van der Waals surface area contributed by atoms with Gasteiger partial charge >= 0.3 is 16.3 Å². The van der Waals surface area contributed by atoms with Crippen LogP contribution in [0.15, 0.2) is 30.4 Å². The van der Waals surface area contributed by atoms with Crippen LogP contribution in [0.25, 0.3) is 11.0 Å². The van der Waals surface area contributed by atoms with Gasteiger partial charge in [0.05, 0.1) is 23.5 Å². The summed E-state index contributed by atoms with van der Waals surface area (Å²) in [5, 5.41) is 2.75. The zero-order valence-electron chi connectivity index (χ0n) is 33.2. The molecule has 15 nitrogen and oxygen atoms in total. The van der Waals surface area contributed by atoms with Crippen LogP contribution in [-0.2, 0) is 29.3 Å². The lowest BCUT2D eigenvalue weighted by Crippen LogP contribution is -2.53. The van der Waals surface area contributed by atoms with Gasteiger partial charge in [-0.2, -0.15) is 17.7 Å². The SMILES string of the molecule is CCC(=O)c1cccc2c1nc(O[C@@H]1C[C@H]3C(=O)C[C@]4(C(=O)NS(=O)(=O)N(C)C)C[C@@H]4/C=C\CCCCC[C@H](NC(=O)OC(C)(C)C)C(=O)N3C1)n2C(C)C. The Morgan fingerprint density at radius 1 is 1.11 bits per heavy atom. The van der Waals surface area contributed by atoms with Crippen LogP contribution in [0.4, 0.5) is 4.79 Å². The zero-order valence-corrected chi connectivity index (χ0v) is 34.0. The number of benzene rings is 1. The first-order valence-electron chi connectivity index (χ1n) is 19.2. The Labute approximate surface area is 323 Å². The number of ether oxygens (including phenoxy) is 2. The second-order valence-corrected chi connectivity index (χ2v) is 18.3. The summed E-state index contributed by atoms with van der Waals surface area (Å²) in [5.74, 6) is -2.13. The zero-order chi connectivity index (χ0) is 40.5. The van der Waals surface area contributed by atoms with Crippen LogP contribution in [-0.4, -0.2) is 101 Å². The van der Waals surface area contributed by atoms with Crippen LogP contribution in [0.5, 0.6) is 6.01 Å². The molecule has 3 aliphatic rings. The quantitative estimate of drug-likeness (QED) is 0.263. The molecule has 0 unspecified atom stereocenters. The normalized spacial score (nSPS) is 25.8. The molecule has 3 heterocycles. The van der Waals surface area contributed by atoms with E-state index < -0.39 is 63.1 Å². The van der Waals surface area contributed by atoms with Gasteiger partial charge in [-0.15, -0.1) is 0 Å². The first kappa shape index (κ1) is 41.8. The average Bonchev–Trinajstić information content (AvgIpc) is 3.42. The van der Waals surface area contributed by atoms with Crippen molar-refractivity contribution in [1.82, 2.24) is 28.8 Å². The molecule has 2 aliphatic heterocycles. The van der Waals surface area contributed by atoms with Gasteiger partial charge in [0.15, 0.2) is 11.6 Å². The van der Waals surface area contributed by atoms with Crippen LogP contribution in [0.2, 0.25) is 0 Å². The Kier molecular flexibility index (Phi) is 12.5. The Morgan fingerprint density at radius 3 is 2.49 bits per heavy atom. The number of rotatable bonds is 9. The van der Waals surface area contributed by atoms with Gasteiger partial charge in [0.1, 0.15) is 23.3 Å². The highest BCUT2D eigenvalue weighted by Gasteiger charge is 2.61. The highest BCUT2D eigenvalue weighted by molar-refractivity contribution is 7.87. The molecular weight excluding hydrogens is 729 g/mol. The van der Waals surface area contributed by atoms with E-state index in [2.05, 4.69) is 10.0 Å². The van der Waals surface area contributed by atoms with E-state index in [0.29, 0.717) is 42.3 Å². The van der Waals surface area contributed by atoms with Gasteiger partial charge in [0.25, 0.3) is 6.01 Å². The number of hydrogen-bond acceptors (Lipinski definition) is 10. The lowest BCUT2D eigenvalue weighted by Gasteiger charge is -2.30. The number of para-hydroxylation sites is 1. The number of aromatic nitrogens is 2. The molecule has 1 aromatic carbocycles. The number of nitrogens with zero attached hydrogens (tertiary/aromatic N) is 4. The van der Waals surface area contributed by atoms with Crippen molar-refractivity contribution in [2.75, 3.05) is 20.6 Å². The van der Waals surface area contributed by atoms with Gasteiger partial charge in [-0.25, -0.2) is 9.52 Å². The number of fused-ring (bicyclic) bond motifs is 3. The third-order valence-corrected chi connectivity index (χ3v) is 11.9. The molecule has 1 aromatic heterocycles. The topological polar surface area (TPSA) is 186 Å². The number of carbonyl (C=O) groups excluding carboxylic acids is 5. The van der Waals surface area contributed by atoms with Crippen molar-refractivity contribution in [3.8, 4) is 6.01 Å². The molecule has 1 aliphatic carbocycles. The average molecular weight is 785 g/mol. The van der Waals surface area contributed by atoms with Crippen LogP contribution >= 0.6 is 0 Å². The number of hydrogen-bond donors (Lipinski definition) is 2. The van der Waals surface area contributed by atoms with Gasteiger partial charge < -0.3 is 19.7 Å². The third-order valence-electron chi connectivity index (χ3n) is 10.5. The van der Waals surface area contributed by atoms with Gasteiger partial charge in [-0.1, -0.05) is 38.0 Å². The van der Waals surface area contributed by atoms with E-state index in [9.17, 15) is 32.4 Å². The molecule has 0 bridgehead atoms. The Bertz CT molecular complexity index is 1950. The predicted octanol–water partition coefficient (Wildman–Crippen LogP) is 4.86. The molecule has 5 atom stereocenters. The lowest BCUT2D eigenvalue weighted by atomic mass is 9.91. The summed E-state index contributed by atoms with van der Waals surface area (Å²) in [6.45, 7) is 10.9. The van der Waals surface area contributed by atoms with Crippen molar-refractivity contribution in [1.29, 1.82) is 0 Å². The van der Waals surface area contributed by atoms with Crippen molar-refractivity contribution >= 4 is 50.7 Å². The maximum Gasteiger partial charge on any atom is 0.408 e. The maximum atomic E-state index is 14.6. The minimum absolute atomic E-state index is 0.0265. The van der Waals surface area contributed by atoms with Gasteiger partial charge in [-0.3, -0.25) is 23.7 Å². The second kappa shape index (κ2) is 16.4. The highest BCUT2D eigenvalue weighted by atomic mass is 32.2. The maximum absolute atomic E-state index is 14.6. The monoisotopic (exact) mass is 784 g/mol. The van der Waals surface area contributed by atoms with Crippen molar-refractivity contribution < 1.29 is 41.9 Å². The molecule has 2 N–H and O–H groups in total. The Hall–Kier alpha value is -4.31. The van der Waals surface area contributed by atoms with Crippen LogP contribution in [0.1, 0.15) is 116 Å². The largest absolute Gasteiger partial charge is 0.459 e. The number of allylic oxidation sites excluding steroid dienone is 2. The summed E-state index contributed by atoms with van der Waals surface area (Å²) in [4.78, 5) is 74.9. The third kappa shape index (κ3) is 9.39. The number of alkyl carbamates (subject to hydrolysis) is 1. The summed E-state index contributed by atoms with van der Waals surface area (Å²) >= 11 is 0. The molecule has 5 rings (SSSR count). The van der Waals surface area contributed by atoms with E-state index >= 15 is 0 Å². The fourth-order valence-electron chi connectivity index (χ4n) is 7.50. The smallest absolute Gasteiger partial charge is 0.408 e. The number of Topliss-reactive ketones (excluding diaryl/α,β-unsaturated/α-hetero) is 2. The van der Waals surface area contributed by atoms with Crippen molar-refractivity contribution in [3.05, 3.63) is 35.9 Å². The Balaban J connectivity index is 1.52. The molecule has 302 valence electrons. The first-order valence-corrected chi connectivity index (χ1v) is 20.7. The standard InChI is InChI=1S/C39H56N6O9S/c1-9-31(46)27-17-15-19-29-33(27)41-36(45(29)24(2)3)53-26-20-30-32(47)22-39(35(49)42-55(51,52)43(7)8)21-25(39)16-13-11-10-12-14-18-28(34(48)44(30)23-26)40-37(50)54-38(4,5)6/h13,15-17,19,24-26,28,30H,9-12,14,18,20-23H2,1-8H3,(H,40,50)(H,42,49)/b16-13-/t25-,26+,28-,30-,39+/m0/s1. The molecule has 1 saturated heterocycles. The molecule has 55 heavy (non-hydrogen) atoms. The molecule has 2 fully saturated rings. The lowest BCUT2D eigenvalue weighted by molar-refractivity contribution is -0.140. The molecule has 0 radical (unpaired) electrons. The van der Waals surface area contributed by atoms with E-state index in [0.717, 1.165) is 17.1 Å². The molecule has 1 saturated carbocycles. The van der Waals surface area contributed by atoms with E-state index in [-0.39, 0.29) is 49.6 Å². The van der Waals surface area contributed by atoms with Crippen molar-refractivity contribution in [3.63, 3.8) is 0 Å². The van der Waals surface area contributed by atoms with E-state index in [1.165, 1.54) is 19.0 Å². The van der Waals surface area contributed by atoms with Crippen molar-refractivity contribution in [2.45, 2.75) is 129 Å². The molecule has 3 amide bonds. The first-order chi connectivity index (χ1) is 25.8. The fourth-order valence-corrected chi connectivity index (χ4v) is 8.12. The summed E-state index contributed by atoms with van der Waals surface area (Å²) in [6.07, 6.45) is 5.81. The van der Waals surface area contributed by atoms with Gasteiger partial charge in [-0.05, 0) is 78.4 Å². The number of imidazole rings is 1. The van der Waals surface area contributed by atoms with Gasteiger partial charge in [0.2, 0.25) is 11.8 Å². The molecule has 2 aromatic rings. The van der Waals surface area contributed by atoms with Crippen LogP contribution in [0.3, 0.4) is 0 Å². The number of amides is 3. The second-order valence-electron chi connectivity index (χ2n) is 16.4. The minimum Gasteiger partial charge on any atom is -0.459 e. The Morgan fingerprint density at radius 2 is 1.84 bits per heavy atom. The number of nitrogens with one attached hydrogen (secondary N) is 2. The highest BCUT2D eigenvalue weighted by Crippen LogP contribution is 2.57. The fraction of sp³-hybridized carbons (Fsp3) is 0.641. The van der Waals surface area contributed by atoms with E-state index in [1.807, 2.05) is 36.6 Å². The minimum atomic E-state index is -4.14. The van der Waals surface area contributed by atoms with Gasteiger partial charge in [0, 0.05) is 45.0 Å². The molecule has 0 spiro atoms. The summed E-state index contributed by atoms with van der Waals surface area (Å²) in [6, 6.07) is 3.43. The summed E-state index contributed by atoms with van der Waals surface area (Å²) in [5.41, 5.74) is -0.471. The number of carbonyl (C=O) groups is 5. The summed E-state index contributed by atoms with van der Waals surface area (Å²) in [7, 11) is -1.54. The van der Waals surface area contributed by atoms with Crippen molar-refractivity contribution in [2.24, 2.45) is 11.3 Å². The van der Waals surface area contributed by atoms with Crippen LogP contribution < -0.4 is 14.8 Å². The predicted molar refractivity (Wildman–Crippen MR) is 206 cm³/mol. The summed E-state index contributed by atoms with van der Waals surface area (Å²) < 4.78 is 42.5. The van der Waals surface area contributed by atoms with E-state index in [4.69, 9.17) is 14.5 Å². The molecule has 16 heteroatoms. The van der Waals surface area contributed by atoms with Crippen LogP contribution in [0, 0.1) is 11.3 Å². The number of ketones is 2.